The van der Waals surface area contributed by atoms with Gasteiger partial charge in [0.2, 0.25) is 0 Å². The fourth-order valence-corrected chi connectivity index (χ4v) is 1.25. The zero-order valence-electron chi connectivity index (χ0n) is 10.0. The summed E-state index contributed by atoms with van der Waals surface area (Å²) < 4.78 is 10.7. The Morgan fingerprint density at radius 1 is 1.35 bits per heavy atom. The summed E-state index contributed by atoms with van der Waals surface area (Å²) in [5, 5.41) is 11.5. The molecule has 0 atom stereocenters. The molecule has 0 fully saturated rings. The molecule has 2 N–H and O–H groups in total. The van der Waals surface area contributed by atoms with Crippen molar-refractivity contribution >= 4 is 5.91 Å². The second-order valence-electron chi connectivity index (χ2n) is 3.33. The quantitative estimate of drug-likeness (QED) is 0.767. The minimum Gasteiger partial charge on any atom is -0.490 e. The average molecular weight is 239 g/mol. The highest BCUT2D eigenvalue weighted by Gasteiger charge is 2.08. The van der Waals surface area contributed by atoms with Crippen LogP contribution in [0, 0.1) is 0 Å². The first kappa shape index (κ1) is 13.3. The lowest BCUT2D eigenvalue weighted by atomic mass is 10.2. The highest BCUT2D eigenvalue weighted by molar-refractivity contribution is 5.77. The zero-order chi connectivity index (χ0) is 12.7. The molecular weight excluding hydrogens is 222 g/mol. The number of carbonyl (C=O) groups is 1. The number of benzene rings is 1. The maximum Gasteiger partial charge on any atom is 0.257 e. The van der Waals surface area contributed by atoms with E-state index in [0.717, 1.165) is 5.56 Å². The molecule has 0 saturated carbocycles. The Morgan fingerprint density at radius 2 is 2.12 bits per heavy atom. The van der Waals surface area contributed by atoms with Crippen LogP contribution in [0.2, 0.25) is 0 Å². The summed E-state index contributed by atoms with van der Waals surface area (Å²) in [5.41, 5.74) is 0.737. The number of hydrogen-bond acceptors (Lipinski definition) is 4. The number of carbonyl (C=O) groups excluding carboxylic acids is 1. The summed E-state index contributed by atoms with van der Waals surface area (Å²) in [5.74, 6) is 0.814. The van der Waals surface area contributed by atoms with E-state index in [4.69, 9.17) is 14.6 Å². The summed E-state index contributed by atoms with van der Waals surface area (Å²) >= 11 is 0. The molecule has 1 rings (SSSR count). The van der Waals surface area contributed by atoms with E-state index in [0.29, 0.717) is 18.1 Å². The van der Waals surface area contributed by atoms with Crippen LogP contribution in [-0.2, 0) is 11.4 Å². The van der Waals surface area contributed by atoms with Gasteiger partial charge in [-0.05, 0) is 24.6 Å². The van der Waals surface area contributed by atoms with Crippen molar-refractivity contribution in [2.45, 2.75) is 13.5 Å². The van der Waals surface area contributed by atoms with Gasteiger partial charge in [0.25, 0.3) is 5.91 Å². The molecule has 1 amide bonds. The van der Waals surface area contributed by atoms with Crippen LogP contribution < -0.4 is 14.8 Å². The predicted molar refractivity (Wildman–Crippen MR) is 63.1 cm³/mol. The molecule has 0 unspecified atom stereocenters. The molecule has 0 aliphatic heterocycles. The Morgan fingerprint density at radius 3 is 2.71 bits per heavy atom. The minimum atomic E-state index is -0.210. The van der Waals surface area contributed by atoms with Crippen LogP contribution in [0.25, 0.3) is 0 Å². The van der Waals surface area contributed by atoms with E-state index in [9.17, 15) is 4.79 Å². The SMILES string of the molecule is CCOc1cc(CO)ccc1OCC(=O)NC. The Kier molecular flexibility index (Phi) is 5.29. The van der Waals surface area contributed by atoms with E-state index in [-0.39, 0.29) is 19.1 Å². The lowest BCUT2D eigenvalue weighted by Crippen LogP contribution is -2.24. The van der Waals surface area contributed by atoms with Crippen molar-refractivity contribution in [1.82, 2.24) is 5.32 Å². The predicted octanol–water partition coefficient (Wildman–Crippen LogP) is 0.702. The summed E-state index contributed by atoms with van der Waals surface area (Å²) in [7, 11) is 1.55. The second kappa shape index (κ2) is 6.75. The number of aliphatic hydroxyl groups is 1. The third-order valence-corrected chi connectivity index (χ3v) is 2.13. The number of hydrogen-bond donors (Lipinski definition) is 2. The standard InChI is InChI=1S/C12H17NO4/c1-3-16-11-6-9(7-14)4-5-10(11)17-8-12(15)13-2/h4-6,14H,3,7-8H2,1-2H3,(H,13,15). The molecule has 0 radical (unpaired) electrons. The van der Waals surface area contributed by atoms with E-state index in [1.165, 1.54) is 0 Å². The van der Waals surface area contributed by atoms with Gasteiger partial charge in [-0.1, -0.05) is 6.07 Å². The average Bonchev–Trinajstić information content (AvgIpc) is 2.37. The van der Waals surface area contributed by atoms with Gasteiger partial charge in [0, 0.05) is 7.05 Å². The minimum absolute atomic E-state index is 0.0597. The van der Waals surface area contributed by atoms with Crippen LogP contribution in [0.4, 0.5) is 0 Å². The second-order valence-corrected chi connectivity index (χ2v) is 3.33. The first-order valence-electron chi connectivity index (χ1n) is 5.41. The smallest absolute Gasteiger partial charge is 0.257 e. The van der Waals surface area contributed by atoms with Gasteiger partial charge in [-0.15, -0.1) is 0 Å². The molecular formula is C12H17NO4. The molecule has 5 heteroatoms. The lowest BCUT2D eigenvalue weighted by Gasteiger charge is -2.12. The molecule has 0 aromatic heterocycles. The highest BCUT2D eigenvalue weighted by Crippen LogP contribution is 2.28. The van der Waals surface area contributed by atoms with Crippen molar-refractivity contribution in [3.8, 4) is 11.5 Å². The third kappa shape index (κ3) is 3.96. The monoisotopic (exact) mass is 239 g/mol. The largest absolute Gasteiger partial charge is 0.490 e. The molecule has 0 bridgehead atoms. The van der Waals surface area contributed by atoms with Gasteiger partial charge in [0.1, 0.15) is 0 Å². The number of rotatable bonds is 6. The maximum absolute atomic E-state index is 11.1. The Balaban J connectivity index is 2.78. The van der Waals surface area contributed by atoms with Gasteiger partial charge < -0.3 is 19.9 Å². The van der Waals surface area contributed by atoms with Crippen LogP contribution in [0.5, 0.6) is 11.5 Å². The van der Waals surface area contributed by atoms with Gasteiger partial charge in [0.15, 0.2) is 18.1 Å². The van der Waals surface area contributed by atoms with E-state index >= 15 is 0 Å². The molecule has 0 aliphatic rings. The number of likely N-dealkylation sites (N-methyl/N-ethyl adjacent to an activating group) is 1. The fraction of sp³-hybridized carbons (Fsp3) is 0.417. The molecule has 0 spiro atoms. The molecule has 0 heterocycles. The zero-order valence-corrected chi connectivity index (χ0v) is 10.0. The van der Waals surface area contributed by atoms with E-state index < -0.39 is 0 Å². The molecule has 17 heavy (non-hydrogen) atoms. The summed E-state index contributed by atoms with van der Waals surface area (Å²) in [6.45, 7) is 2.23. The van der Waals surface area contributed by atoms with E-state index in [2.05, 4.69) is 5.32 Å². The van der Waals surface area contributed by atoms with Gasteiger partial charge >= 0.3 is 0 Å². The molecule has 1 aromatic rings. The fourth-order valence-electron chi connectivity index (χ4n) is 1.25. The summed E-state index contributed by atoms with van der Waals surface area (Å²) in [6, 6.07) is 5.10. The van der Waals surface area contributed by atoms with Crippen molar-refractivity contribution in [3.63, 3.8) is 0 Å². The van der Waals surface area contributed by atoms with E-state index in [1.54, 1.807) is 25.2 Å². The van der Waals surface area contributed by atoms with Crippen molar-refractivity contribution < 1.29 is 19.4 Å². The Bertz CT molecular complexity index is 379. The molecule has 0 saturated heterocycles. The summed E-state index contributed by atoms with van der Waals surface area (Å²) in [6.07, 6.45) is 0. The number of amides is 1. The van der Waals surface area contributed by atoms with Crippen LogP contribution in [0.3, 0.4) is 0 Å². The Labute approximate surface area is 100 Å². The molecule has 94 valence electrons. The molecule has 0 aliphatic carbocycles. The van der Waals surface area contributed by atoms with Gasteiger partial charge in [-0.2, -0.15) is 0 Å². The Hall–Kier alpha value is -1.75. The number of aliphatic hydroxyl groups excluding tert-OH is 1. The van der Waals surface area contributed by atoms with Crippen molar-refractivity contribution in [1.29, 1.82) is 0 Å². The first-order chi connectivity index (χ1) is 8.21. The molecule has 1 aromatic carbocycles. The van der Waals surface area contributed by atoms with Crippen LogP contribution >= 0.6 is 0 Å². The van der Waals surface area contributed by atoms with Crippen LogP contribution in [0.1, 0.15) is 12.5 Å². The highest BCUT2D eigenvalue weighted by atomic mass is 16.5. The first-order valence-corrected chi connectivity index (χ1v) is 5.41. The van der Waals surface area contributed by atoms with Gasteiger partial charge in [-0.3, -0.25) is 4.79 Å². The normalized spacial score (nSPS) is 9.82. The maximum atomic E-state index is 11.1. The third-order valence-electron chi connectivity index (χ3n) is 2.13. The topological polar surface area (TPSA) is 67.8 Å². The van der Waals surface area contributed by atoms with Gasteiger partial charge in [-0.25, -0.2) is 0 Å². The van der Waals surface area contributed by atoms with Crippen molar-refractivity contribution in [3.05, 3.63) is 23.8 Å². The number of nitrogens with one attached hydrogen (secondary N) is 1. The lowest BCUT2D eigenvalue weighted by molar-refractivity contribution is -0.122. The van der Waals surface area contributed by atoms with Crippen molar-refractivity contribution in [2.24, 2.45) is 0 Å². The number of ether oxygens (including phenoxy) is 2. The van der Waals surface area contributed by atoms with Crippen LogP contribution in [-0.4, -0.2) is 31.3 Å². The van der Waals surface area contributed by atoms with Crippen LogP contribution in [0.15, 0.2) is 18.2 Å². The van der Waals surface area contributed by atoms with Crippen molar-refractivity contribution in [2.75, 3.05) is 20.3 Å². The van der Waals surface area contributed by atoms with Gasteiger partial charge in [0.05, 0.1) is 13.2 Å². The van der Waals surface area contributed by atoms with E-state index in [1.807, 2.05) is 6.92 Å². The molecule has 5 nitrogen and oxygen atoms in total. The summed E-state index contributed by atoms with van der Waals surface area (Å²) in [4.78, 5) is 11.1.